The van der Waals surface area contributed by atoms with Crippen molar-refractivity contribution in [3.8, 4) is 0 Å². The Morgan fingerprint density at radius 1 is 1.27 bits per heavy atom. The summed E-state index contributed by atoms with van der Waals surface area (Å²) in [6.07, 6.45) is -4.11. The van der Waals surface area contributed by atoms with Gasteiger partial charge in [0.2, 0.25) is 0 Å². The Hall–Kier alpha value is -0.200. The Morgan fingerprint density at radius 3 is 2.45 bits per heavy atom. The maximum absolute atomic E-state index is 9.11. The Morgan fingerprint density at radius 2 is 1.91 bits per heavy atom. The lowest BCUT2D eigenvalue weighted by molar-refractivity contribution is -0.239. The van der Waals surface area contributed by atoms with Gasteiger partial charge in [0.1, 0.15) is 12.2 Å². The van der Waals surface area contributed by atoms with E-state index in [2.05, 4.69) is 0 Å². The van der Waals surface area contributed by atoms with Crippen molar-refractivity contribution in [1.82, 2.24) is 0 Å². The Labute approximate surface area is 63.8 Å². The number of hydrogen-bond acceptors (Lipinski definition) is 5. The smallest absolute Gasteiger partial charge is 0.157 e. The summed E-state index contributed by atoms with van der Waals surface area (Å²) >= 11 is 0. The van der Waals surface area contributed by atoms with Gasteiger partial charge in [0.15, 0.2) is 6.29 Å². The lowest BCUT2D eigenvalue weighted by Crippen LogP contribution is -2.49. The molecule has 1 aliphatic heterocycles. The minimum atomic E-state index is -1.11. The van der Waals surface area contributed by atoms with Gasteiger partial charge in [-0.05, 0) is 0 Å². The van der Waals surface area contributed by atoms with E-state index in [1.54, 1.807) is 0 Å². The molecule has 4 atom stereocenters. The molecule has 0 aromatic carbocycles. The first-order chi connectivity index (χ1) is 5.15. The van der Waals surface area contributed by atoms with Gasteiger partial charge in [0, 0.05) is 6.42 Å². The van der Waals surface area contributed by atoms with Gasteiger partial charge in [-0.1, -0.05) is 0 Å². The third kappa shape index (κ3) is 1.88. The van der Waals surface area contributed by atoms with Gasteiger partial charge in [-0.25, -0.2) is 0 Å². The molecule has 4 N–H and O–H groups in total. The second-order valence-electron chi connectivity index (χ2n) is 2.61. The van der Waals surface area contributed by atoms with Crippen molar-refractivity contribution < 1.29 is 25.2 Å². The molecular weight excluding hydrogens is 152 g/mol. The molecule has 11 heavy (non-hydrogen) atoms. The van der Waals surface area contributed by atoms with E-state index in [0.717, 1.165) is 0 Å². The fraction of sp³-hybridized carbons (Fsp3) is 1.00. The highest BCUT2D eigenvalue weighted by Crippen LogP contribution is 2.18. The van der Waals surface area contributed by atoms with Crippen molar-refractivity contribution in [2.24, 2.45) is 0 Å². The van der Waals surface area contributed by atoms with Crippen molar-refractivity contribution >= 4 is 0 Å². The molecule has 1 heterocycles. The third-order valence-electron chi connectivity index (χ3n) is 1.73. The minimum absolute atomic E-state index is 0.0162. The fourth-order valence-corrected chi connectivity index (χ4v) is 1.08. The molecule has 0 aromatic heterocycles. The van der Waals surface area contributed by atoms with E-state index in [-0.39, 0.29) is 6.42 Å². The standard InChI is InChI=1S/C6H12O5/c7-2-4-6(10)3(8)1-5(9)11-4/h3-10H,1-2H2/t3?,4-,5-,6-/m1/s1. The Bertz CT molecular complexity index is 128. The molecule has 0 bridgehead atoms. The molecule has 1 rings (SSSR count). The van der Waals surface area contributed by atoms with Gasteiger partial charge >= 0.3 is 0 Å². The molecule has 0 spiro atoms. The quantitative estimate of drug-likeness (QED) is 0.353. The molecular formula is C6H12O5. The minimum Gasteiger partial charge on any atom is -0.394 e. The van der Waals surface area contributed by atoms with E-state index < -0.39 is 31.2 Å². The summed E-state index contributed by atoms with van der Waals surface area (Å²) < 4.78 is 4.71. The average molecular weight is 164 g/mol. The largest absolute Gasteiger partial charge is 0.394 e. The molecule has 0 amide bonds. The molecule has 0 saturated carbocycles. The molecule has 0 aliphatic carbocycles. The van der Waals surface area contributed by atoms with E-state index in [1.807, 2.05) is 0 Å². The summed E-state index contributed by atoms with van der Waals surface area (Å²) in [6, 6.07) is 0. The molecule has 5 heteroatoms. The molecule has 0 radical (unpaired) electrons. The van der Waals surface area contributed by atoms with Crippen LogP contribution in [-0.4, -0.2) is 51.6 Å². The number of aliphatic hydroxyl groups is 4. The SMILES string of the molecule is OC[C@H]1O[C@@H](O)CC(O)[C@H]1O. The van der Waals surface area contributed by atoms with Crippen molar-refractivity contribution in [3.05, 3.63) is 0 Å². The first-order valence-corrected chi connectivity index (χ1v) is 3.45. The van der Waals surface area contributed by atoms with Gasteiger partial charge < -0.3 is 25.2 Å². The molecule has 66 valence electrons. The molecule has 1 fully saturated rings. The maximum atomic E-state index is 9.11. The van der Waals surface area contributed by atoms with Crippen LogP contribution < -0.4 is 0 Å². The van der Waals surface area contributed by atoms with Crippen LogP contribution in [0.2, 0.25) is 0 Å². The second kappa shape index (κ2) is 3.46. The molecule has 1 aliphatic rings. The van der Waals surface area contributed by atoms with Crippen LogP contribution in [0.25, 0.3) is 0 Å². The van der Waals surface area contributed by atoms with Gasteiger partial charge in [0.05, 0.1) is 12.7 Å². The van der Waals surface area contributed by atoms with Crippen LogP contribution in [0.1, 0.15) is 6.42 Å². The Balaban J connectivity index is 2.51. The summed E-state index contributed by atoms with van der Waals surface area (Å²) in [7, 11) is 0. The number of hydrogen-bond donors (Lipinski definition) is 4. The zero-order valence-electron chi connectivity index (χ0n) is 5.92. The predicted molar refractivity (Wildman–Crippen MR) is 34.6 cm³/mol. The lowest BCUT2D eigenvalue weighted by Gasteiger charge is -2.33. The summed E-state index contributed by atoms with van der Waals surface area (Å²) in [5.41, 5.74) is 0. The maximum Gasteiger partial charge on any atom is 0.157 e. The van der Waals surface area contributed by atoms with Crippen LogP contribution in [0.5, 0.6) is 0 Å². The topological polar surface area (TPSA) is 90.2 Å². The first-order valence-electron chi connectivity index (χ1n) is 3.45. The Kier molecular flexibility index (Phi) is 2.80. The van der Waals surface area contributed by atoms with Crippen LogP contribution in [0, 0.1) is 0 Å². The predicted octanol–water partition coefficient (Wildman–Crippen LogP) is -2.19. The third-order valence-corrected chi connectivity index (χ3v) is 1.73. The van der Waals surface area contributed by atoms with E-state index in [9.17, 15) is 0 Å². The highest BCUT2D eigenvalue weighted by atomic mass is 16.6. The van der Waals surface area contributed by atoms with E-state index in [0.29, 0.717) is 0 Å². The van der Waals surface area contributed by atoms with Crippen LogP contribution in [-0.2, 0) is 4.74 Å². The van der Waals surface area contributed by atoms with Crippen LogP contribution in [0.4, 0.5) is 0 Å². The summed E-state index contributed by atoms with van der Waals surface area (Å²) in [5.74, 6) is 0. The van der Waals surface area contributed by atoms with Crippen molar-refractivity contribution in [2.75, 3.05) is 6.61 Å². The van der Waals surface area contributed by atoms with Gasteiger partial charge in [0.25, 0.3) is 0 Å². The first kappa shape index (κ1) is 8.89. The van der Waals surface area contributed by atoms with Crippen LogP contribution in [0.15, 0.2) is 0 Å². The number of rotatable bonds is 1. The highest BCUT2D eigenvalue weighted by Gasteiger charge is 2.35. The zero-order chi connectivity index (χ0) is 8.43. The lowest BCUT2D eigenvalue weighted by atomic mass is 10.0. The molecule has 0 aromatic rings. The zero-order valence-corrected chi connectivity index (χ0v) is 5.92. The summed E-state index contributed by atoms with van der Waals surface area (Å²) in [5, 5.41) is 35.6. The number of ether oxygens (including phenoxy) is 1. The van der Waals surface area contributed by atoms with E-state index in [1.165, 1.54) is 0 Å². The normalized spacial score (nSPS) is 45.8. The van der Waals surface area contributed by atoms with Crippen molar-refractivity contribution in [2.45, 2.75) is 31.0 Å². The molecule has 1 unspecified atom stereocenters. The molecule has 5 nitrogen and oxygen atoms in total. The second-order valence-corrected chi connectivity index (χ2v) is 2.61. The molecule has 1 saturated heterocycles. The highest BCUT2D eigenvalue weighted by molar-refractivity contribution is 4.81. The van der Waals surface area contributed by atoms with E-state index in [4.69, 9.17) is 25.2 Å². The van der Waals surface area contributed by atoms with Crippen molar-refractivity contribution in [1.29, 1.82) is 0 Å². The average Bonchev–Trinajstić information content (AvgIpc) is 1.96. The summed E-state index contributed by atoms with van der Waals surface area (Å²) in [6.45, 7) is -0.407. The summed E-state index contributed by atoms with van der Waals surface area (Å²) in [4.78, 5) is 0. The van der Waals surface area contributed by atoms with Crippen molar-refractivity contribution in [3.63, 3.8) is 0 Å². The van der Waals surface area contributed by atoms with Gasteiger partial charge in [-0.2, -0.15) is 0 Å². The number of aliphatic hydroxyl groups excluding tert-OH is 4. The van der Waals surface area contributed by atoms with Gasteiger partial charge in [-0.15, -0.1) is 0 Å². The monoisotopic (exact) mass is 164 g/mol. The van der Waals surface area contributed by atoms with E-state index >= 15 is 0 Å². The fourth-order valence-electron chi connectivity index (χ4n) is 1.08. The van der Waals surface area contributed by atoms with Crippen LogP contribution >= 0.6 is 0 Å². The van der Waals surface area contributed by atoms with Gasteiger partial charge in [-0.3, -0.25) is 0 Å². The van der Waals surface area contributed by atoms with Crippen LogP contribution in [0.3, 0.4) is 0 Å².